The molecule has 0 radical (unpaired) electrons. The largest absolute Gasteiger partial charge is 0.369 e. The molecule has 3 heterocycles. The van der Waals surface area contributed by atoms with E-state index in [1.807, 2.05) is 0 Å². The zero-order valence-electron chi connectivity index (χ0n) is 18.2. The van der Waals surface area contributed by atoms with E-state index in [1.54, 1.807) is 18.2 Å². The van der Waals surface area contributed by atoms with Crippen LogP contribution >= 0.6 is 0 Å². The summed E-state index contributed by atoms with van der Waals surface area (Å²) in [6.07, 6.45) is 0.568. The second kappa shape index (κ2) is 8.35. The Morgan fingerprint density at radius 2 is 1.91 bits per heavy atom. The van der Waals surface area contributed by atoms with E-state index in [9.17, 15) is 16.8 Å². The van der Waals surface area contributed by atoms with E-state index in [-0.39, 0.29) is 41.9 Å². The maximum absolute atomic E-state index is 13.6. The Labute approximate surface area is 200 Å². The lowest BCUT2D eigenvalue weighted by Gasteiger charge is -2.21. The highest BCUT2D eigenvalue weighted by Gasteiger charge is 2.38. The van der Waals surface area contributed by atoms with Crippen molar-refractivity contribution in [2.45, 2.75) is 16.2 Å². The molecule has 16 heteroatoms. The predicted octanol–water partition coefficient (Wildman–Crippen LogP) is -0.391. The van der Waals surface area contributed by atoms with Crippen LogP contribution in [0.25, 0.3) is 33.5 Å². The van der Waals surface area contributed by atoms with E-state index in [1.165, 1.54) is 16.4 Å². The minimum absolute atomic E-state index is 0.0265. The number of hydrogen-bond donors (Lipinski definition) is 5. The molecule has 1 fully saturated rings. The van der Waals surface area contributed by atoms with Gasteiger partial charge in [0, 0.05) is 18.7 Å². The van der Waals surface area contributed by atoms with Crippen molar-refractivity contribution in [2.75, 3.05) is 25.4 Å². The lowest BCUT2D eigenvalue weighted by molar-refractivity contribution is 0.457. The lowest BCUT2D eigenvalue weighted by Crippen LogP contribution is -2.32. The van der Waals surface area contributed by atoms with Gasteiger partial charge in [0.25, 0.3) is 0 Å². The summed E-state index contributed by atoms with van der Waals surface area (Å²) in [4.78, 5) is 6.10. The van der Waals surface area contributed by atoms with Crippen LogP contribution < -0.4 is 16.6 Å². The molecule has 5 rings (SSSR count). The third kappa shape index (κ3) is 3.94. The van der Waals surface area contributed by atoms with Gasteiger partial charge in [0.1, 0.15) is 9.79 Å². The SMILES string of the molecule is NC[C@H]1CCN(S(=O)(=O)c2ccc(-c3cccc4[nH]c(N)nc34)c(-c3nn[nH]n3)c2S(N)(=O)=O)C1. The standard InChI is InChI=1S/C19H22N10O4S2/c20-8-10-6-7-29(9-10)35(32,33)14-5-4-11(12-2-1-3-13-16(12)24-19(21)23-13)15(17(14)34(22,30)31)18-25-27-28-26-18/h1-5,10H,6-9,20H2,(H3,21,23,24)(H2,22,30,31)(H,25,26,27,28)/t10-/m1/s1. The third-order valence-electron chi connectivity index (χ3n) is 6.00. The Kier molecular flexibility index (Phi) is 5.56. The monoisotopic (exact) mass is 518 g/mol. The zero-order chi connectivity index (χ0) is 25.0. The number of anilines is 1. The molecule has 14 nitrogen and oxygen atoms in total. The highest BCUT2D eigenvalue weighted by molar-refractivity contribution is 7.92. The first kappa shape index (κ1) is 23.3. The number of nitrogens with one attached hydrogen (secondary N) is 2. The molecule has 0 saturated carbocycles. The molecule has 0 bridgehead atoms. The van der Waals surface area contributed by atoms with Crippen molar-refractivity contribution >= 4 is 37.0 Å². The molecule has 1 aliphatic rings. The highest BCUT2D eigenvalue weighted by Crippen LogP contribution is 2.41. The summed E-state index contributed by atoms with van der Waals surface area (Å²) in [6, 6.07) is 7.85. The average molecular weight is 519 g/mol. The first-order valence-electron chi connectivity index (χ1n) is 10.5. The number of nitrogens with zero attached hydrogens (tertiary/aromatic N) is 5. The number of aromatic amines is 2. The van der Waals surface area contributed by atoms with E-state index in [0.29, 0.717) is 29.6 Å². The Balaban J connectivity index is 1.84. The van der Waals surface area contributed by atoms with Crippen LogP contribution in [0.2, 0.25) is 0 Å². The fraction of sp³-hybridized carbons (Fsp3) is 0.263. The molecule has 0 unspecified atom stereocenters. The third-order valence-corrected chi connectivity index (χ3v) is 9.03. The number of H-pyrrole nitrogens is 2. The van der Waals surface area contributed by atoms with E-state index in [4.69, 9.17) is 16.6 Å². The van der Waals surface area contributed by atoms with E-state index in [2.05, 4.69) is 30.6 Å². The number of hydrogen-bond acceptors (Lipinski definition) is 10. The first-order valence-corrected chi connectivity index (χ1v) is 13.5. The van der Waals surface area contributed by atoms with Crippen LogP contribution in [0.5, 0.6) is 0 Å². The normalized spacial score (nSPS) is 17.4. The van der Waals surface area contributed by atoms with Crippen LogP contribution in [0, 0.1) is 5.92 Å². The Morgan fingerprint density at radius 1 is 1.11 bits per heavy atom. The smallest absolute Gasteiger partial charge is 0.244 e. The Hall–Kier alpha value is -3.44. The molecule has 35 heavy (non-hydrogen) atoms. The van der Waals surface area contributed by atoms with Gasteiger partial charge in [0.2, 0.25) is 25.9 Å². The number of sulfonamides is 2. The molecule has 2 aromatic heterocycles. The number of rotatable bonds is 6. The molecule has 4 aromatic rings. The minimum atomic E-state index is -4.61. The molecular formula is C19H22N10O4S2. The fourth-order valence-corrected chi connectivity index (χ4v) is 7.48. The van der Waals surface area contributed by atoms with Gasteiger partial charge in [-0.15, -0.1) is 10.2 Å². The fourth-order valence-electron chi connectivity index (χ4n) is 4.38. The topological polar surface area (TPSA) is 233 Å². The second-order valence-electron chi connectivity index (χ2n) is 8.17. The predicted molar refractivity (Wildman–Crippen MR) is 126 cm³/mol. The maximum Gasteiger partial charge on any atom is 0.244 e. The summed E-state index contributed by atoms with van der Waals surface area (Å²) >= 11 is 0. The number of aromatic nitrogens is 6. The summed E-state index contributed by atoms with van der Waals surface area (Å²) < 4.78 is 54.3. The van der Waals surface area contributed by atoms with Gasteiger partial charge >= 0.3 is 0 Å². The van der Waals surface area contributed by atoms with Crippen LogP contribution in [-0.2, 0) is 20.0 Å². The molecule has 184 valence electrons. The van der Waals surface area contributed by atoms with Crippen LogP contribution in [0.15, 0.2) is 40.1 Å². The van der Waals surface area contributed by atoms with Crippen LogP contribution in [0.1, 0.15) is 6.42 Å². The summed E-state index contributed by atoms with van der Waals surface area (Å²) in [6.45, 7) is 0.700. The first-order chi connectivity index (χ1) is 16.6. The van der Waals surface area contributed by atoms with E-state index >= 15 is 0 Å². The van der Waals surface area contributed by atoms with Gasteiger partial charge in [0.05, 0.1) is 16.6 Å². The highest BCUT2D eigenvalue weighted by atomic mass is 32.2. The lowest BCUT2D eigenvalue weighted by atomic mass is 9.98. The number of tetrazole rings is 1. The molecule has 8 N–H and O–H groups in total. The summed E-state index contributed by atoms with van der Waals surface area (Å²) in [5.74, 6) is -0.0212. The van der Waals surface area contributed by atoms with Crippen LogP contribution in [0.4, 0.5) is 5.95 Å². The van der Waals surface area contributed by atoms with Gasteiger partial charge in [-0.1, -0.05) is 18.2 Å². The van der Waals surface area contributed by atoms with Gasteiger partial charge in [-0.05, 0) is 41.8 Å². The molecule has 1 atom stereocenters. The number of primary sulfonamides is 1. The summed E-state index contributed by atoms with van der Waals surface area (Å²) in [5.41, 5.74) is 13.2. The average Bonchev–Trinajstić information content (AvgIpc) is 3.57. The molecule has 0 spiro atoms. The molecule has 2 aromatic carbocycles. The van der Waals surface area contributed by atoms with Crippen molar-refractivity contribution in [3.63, 3.8) is 0 Å². The minimum Gasteiger partial charge on any atom is -0.369 e. The van der Waals surface area contributed by atoms with E-state index < -0.39 is 29.8 Å². The number of nitrogens with two attached hydrogens (primary N) is 3. The van der Waals surface area contributed by atoms with Crippen LogP contribution in [-0.4, -0.2) is 71.4 Å². The number of benzene rings is 2. The number of nitrogen functional groups attached to an aromatic ring is 1. The molecular weight excluding hydrogens is 496 g/mol. The number of para-hydroxylation sites is 1. The zero-order valence-corrected chi connectivity index (χ0v) is 19.8. The Bertz CT molecular complexity index is 1630. The quantitative estimate of drug-likeness (QED) is 0.222. The summed E-state index contributed by atoms with van der Waals surface area (Å²) in [7, 11) is -8.86. The van der Waals surface area contributed by atoms with Gasteiger partial charge in [-0.2, -0.15) is 9.52 Å². The van der Waals surface area contributed by atoms with Crippen molar-refractivity contribution in [1.82, 2.24) is 34.9 Å². The van der Waals surface area contributed by atoms with Gasteiger partial charge < -0.3 is 16.5 Å². The van der Waals surface area contributed by atoms with Crippen molar-refractivity contribution in [3.8, 4) is 22.5 Å². The van der Waals surface area contributed by atoms with Crippen molar-refractivity contribution < 1.29 is 16.8 Å². The molecule has 0 aliphatic carbocycles. The van der Waals surface area contributed by atoms with Gasteiger partial charge in [0.15, 0.2) is 5.95 Å². The summed E-state index contributed by atoms with van der Waals surface area (Å²) in [5, 5.41) is 19.3. The van der Waals surface area contributed by atoms with Crippen molar-refractivity contribution in [3.05, 3.63) is 30.3 Å². The number of imidazole rings is 1. The van der Waals surface area contributed by atoms with Crippen molar-refractivity contribution in [2.24, 2.45) is 16.8 Å². The Morgan fingerprint density at radius 3 is 2.57 bits per heavy atom. The second-order valence-corrected chi connectivity index (χ2v) is 11.6. The van der Waals surface area contributed by atoms with Gasteiger partial charge in [-0.3, -0.25) is 0 Å². The maximum atomic E-state index is 13.6. The molecule has 1 aliphatic heterocycles. The van der Waals surface area contributed by atoms with Crippen molar-refractivity contribution in [1.29, 1.82) is 0 Å². The molecule has 1 saturated heterocycles. The van der Waals surface area contributed by atoms with Gasteiger partial charge in [-0.25, -0.2) is 27.0 Å². The van der Waals surface area contributed by atoms with E-state index in [0.717, 1.165) is 0 Å². The van der Waals surface area contributed by atoms with Crippen LogP contribution in [0.3, 0.4) is 0 Å². The molecule has 0 amide bonds. The number of fused-ring (bicyclic) bond motifs is 1.